The van der Waals surface area contributed by atoms with Gasteiger partial charge in [0.2, 0.25) is 0 Å². The second-order valence-electron chi connectivity index (χ2n) is 6.51. The van der Waals surface area contributed by atoms with Crippen molar-refractivity contribution in [2.75, 3.05) is 13.7 Å². The van der Waals surface area contributed by atoms with Gasteiger partial charge in [0, 0.05) is 36.2 Å². The van der Waals surface area contributed by atoms with Crippen LogP contribution in [0.5, 0.6) is 0 Å². The standard InChI is InChI=1S/C16H25N3O2S/c1-4-21-13-8-12(16(13)6-5-7-16)18-15(20)19(3)9-14-17-11(2)10-22-14/h10,12-13H,4-9H2,1-3H3,(H,18,20)/t12-,13+/m0/s1. The lowest BCUT2D eigenvalue weighted by molar-refractivity contribution is -0.169. The Morgan fingerprint density at radius 2 is 2.36 bits per heavy atom. The number of aromatic nitrogens is 1. The maximum Gasteiger partial charge on any atom is 0.317 e. The van der Waals surface area contributed by atoms with Gasteiger partial charge in [0.25, 0.3) is 0 Å². The first-order chi connectivity index (χ1) is 10.5. The third kappa shape index (κ3) is 2.74. The Hall–Kier alpha value is -1.14. The quantitative estimate of drug-likeness (QED) is 0.906. The minimum atomic E-state index is -0.000855. The lowest BCUT2D eigenvalue weighted by atomic mass is 9.51. The Labute approximate surface area is 136 Å². The summed E-state index contributed by atoms with van der Waals surface area (Å²) in [5.74, 6) is 0. The van der Waals surface area contributed by atoms with Gasteiger partial charge in [0.15, 0.2) is 0 Å². The molecule has 0 saturated heterocycles. The molecule has 0 aromatic carbocycles. The molecule has 2 amide bonds. The van der Waals surface area contributed by atoms with Gasteiger partial charge in [0.1, 0.15) is 5.01 Å². The van der Waals surface area contributed by atoms with E-state index >= 15 is 0 Å². The number of aryl methyl sites for hydroxylation is 1. The van der Waals surface area contributed by atoms with Crippen molar-refractivity contribution in [1.29, 1.82) is 0 Å². The van der Waals surface area contributed by atoms with E-state index in [4.69, 9.17) is 4.74 Å². The van der Waals surface area contributed by atoms with Crippen LogP contribution in [0.1, 0.15) is 43.3 Å². The molecule has 2 atom stereocenters. The third-order valence-corrected chi connectivity index (χ3v) is 6.07. The summed E-state index contributed by atoms with van der Waals surface area (Å²) in [4.78, 5) is 18.5. The van der Waals surface area contributed by atoms with Gasteiger partial charge in [-0.2, -0.15) is 0 Å². The fourth-order valence-corrected chi connectivity index (χ4v) is 4.47. The van der Waals surface area contributed by atoms with Crippen LogP contribution in [0.3, 0.4) is 0 Å². The SMILES string of the molecule is CCO[C@@H]1C[C@H](NC(=O)N(C)Cc2nc(C)cs2)C12CCC2. The first-order valence-corrected chi connectivity index (χ1v) is 8.97. The van der Waals surface area contributed by atoms with Crippen molar-refractivity contribution < 1.29 is 9.53 Å². The first kappa shape index (κ1) is 15.7. The number of hydrogen-bond donors (Lipinski definition) is 1. The zero-order valence-electron chi connectivity index (χ0n) is 13.6. The summed E-state index contributed by atoms with van der Waals surface area (Å²) in [5.41, 5.74) is 1.23. The highest BCUT2D eigenvalue weighted by atomic mass is 32.1. The van der Waals surface area contributed by atoms with Gasteiger partial charge in [-0.25, -0.2) is 9.78 Å². The molecule has 0 radical (unpaired) electrons. The number of nitrogens with zero attached hydrogens (tertiary/aromatic N) is 2. The van der Waals surface area contributed by atoms with Crippen molar-refractivity contribution in [3.05, 3.63) is 16.1 Å². The van der Waals surface area contributed by atoms with Crippen LogP contribution in [-0.2, 0) is 11.3 Å². The Kier molecular flexibility index (Phi) is 4.41. The van der Waals surface area contributed by atoms with Crippen LogP contribution >= 0.6 is 11.3 Å². The molecule has 6 heteroatoms. The molecule has 0 bridgehead atoms. The van der Waals surface area contributed by atoms with Crippen LogP contribution in [0.15, 0.2) is 5.38 Å². The van der Waals surface area contributed by atoms with Crippen LogP contribution < -0.4 is 5.32 Å². The predicted molar refractivity (Wildman–Crippen MR) is 87.0 cm³/mol. The first-order valence-electron chi connectivity index (χ1n) is 8.09. The fourth-order valence-electron chi connectivity index (χ4n) is 3.65. The molecule has 1 aromatic rings. The lowest BCUT2D eigenvalue weighted by Crippen LogP contribution is -2.68. The highest BCUT2D eigenvalue weighted by Crippen LogP contribution is 2.57. The molecule has 1 heterocycles. The second-order valence-corrected chi connectivity index (χ2v) is 7.45. The molecule has 5 nitrogen and oxygen atoms in total. The molecule has 2 aliphatic carbocycles. The molecular weight excluding hydrogens is 298 g/mol. The number of carbonyl (C=O) groups excluding carboxylic acids is 1. The van der Waals surface area contributed by atoms with Gasteiger partial charge in [-0.05, 0) is 33.1 Å². The maximum atomic E-state index is 12.4. The number of carbonyl (C=O) groups is 1. The highest BCUT2D eigenvalue weighted by Gasteiger charge is 2.59. The molecule has 2 fully saturated rings. The highest BCUT2D eigenvalue weighted by molar-refractivity contribution is 7.09. The molecule has 3 rings (SSSR count). The van der Waals surface area contributed by atoms with Crippen molar-refractivity contribution in [1.82, 2.24) is 15.2 Å². The summed E-state index contributed by atoms with van der Waals surface area (Å²) in [6.07, 6.45) is 4.90. The monoisotopic (exact) mass is 323 g/mol. The number of rotatable bonds is 5. The molecule has 1 N–H and O–H groups in total. The Balaban J connectivity index is 1.53. The van der Waals surface area contributed by atoms with E-state index in [1.54, 1.807) is 16.2 Å². The van der Waals surface area contributed by atoms with E-state index in [0.717, 1.165) is 23.7 Å². The maximum absolute atomic E-state index is 12.4. The van der Waals surface area contributed by atoms with Gasteiger partial charge in [-0.3, -0.25) is 0 Å². The van der Waals surface area contributed by atoms with E-state index in [1.165, 1.54) is 19.3 Å². The fraction of sp³-hybridized carbons (Fsp3) is 0.750. The number of ether oxygens (including phenoxy) is 1. The minimum Gasteiger partial charge on any atom is -0.378 e. The van der Waals surface area contributed by atoms with E-state index < -0.39 is 0 Å². The molecule has 2 aliphatic rings. The number of nitrogens with one attached hydrogen (secondary N) is 1. The van der Waals surface area contributed by atoms with Gasteiger partial charge in [-0.1, -0.05) is 6.42 Å². The van der Waals surface area contributed by atoms with Gasteiger partial charge >= 0.3 is 6.03 Å². The number of thiazole rings is 1. The van der Waals surface area contributed by atoms with Crippen molar-refractivity contribution >= 4 is 17.4 Å². The molecule has 0 unspecified atom stereocenters. The van der Waals surface area contributed by atoms with Crippen molar-refractivity contribution in [3.63, 3.8) is 0 Å². The lowest BCUT2D eigenvalue weighted by Gasteiger charge is -2.61. The number of hydrogen-bond acceptors (Lipinski definition) is 4. The van der Waals surface area contributed by atoms with E-state index in [9.17, 15) is 4.79 Å². The summed E-state index contributed by atoms with van der Waals surface area (Å²) in [6.45, 7) is 5.35. The zero-order chi connectivity index (χ0) is 15.7. The van der Waals surface area contributed by atoms with Crippen molar-refractivity contribution in [2.45, 2.75) is 58.2 Å². The summed E-state index contributed by atoms with van der Waals surface area (Å²) in [7, 11) is 1.83. The largest absolute Gasteiger partial charge is 0.378 e. The topological polar surface area (TPSA) is 54.5 Å². The normalized spacial score (nSPS) is 25.4. The molecule has 1 spiro atoms. The van der Waals surface area contributed by atoms with Gasteiger partial charge in [0.05, 0.1) is 12.6 Å². The minimum absolute atomic E-state index is 0.000855. The molecular formula is C16H25N3O2S. The van der Waals surface area contributed by atoms with Crippen molar-refractivity contribution in [2.24, 2.45) is 5.41 Å². The second kappa shape index (κ2) is 6.16. The van der Waals surface area contributed by atoms with Crippen LogP contribution in [0.2, 0.25) is 0 Å². The summed E-state index contributed by atoms with van der Waals surface area (Å²) in [6, 6.07) is 0.268. The average molecular weight is 323 g/mol. The van der Waals surface area contributed by atoms with Crippen LogP contribution in [0, 0.1) is 12.3 Å². The molecule has 1 aromatic heterocycles. The Morgan fingerprint density at radius 1 is 1.59 bits per heavy atom. The summed E-state index contributed by atoms with van der Waals surface area (Å²) in [5, 5.41) is 6.21. The van der Waals surface area contributed by atoms with E-state index in [2.05, 4.69) is 10.3 Å². The van der Waals surface area contributed by atoms with Crippen LogP contribution in [0.4, 0.5) is 4.79 Å². The molecule has 0 aliphatic heterocycles. The zero-order valence-corrected chi connectivity index (χ0v) is 14.4. The Morgan fingerprint density at radius 3 is 2.91 bits per heavy atom. The molecule has 122 valence electrons. The van der Waals surface area contributed by atoms with E-state index in [0.29, 0.717) is 12.6 Å². The average Bonchev–Trinajstić information content (AvgIpc) is 2.80. The van der Waals surface area contributed by atoms with Crippen LogP contribution in [-0.4, -0.2) is 41.7 Å². The van der Waals surface area contributed by atoms with E-state index in [1.807, 2.05) is 26.3 Å². The van der Waals surface area contributed by atoms with E-state index in [-0.39, 0.29) is 17.5 Å². The number of urea groups is 1. The Bertz CT molecular complexity index is 541. The van der Waals surface area contributed by atoms with Gasteiger partial charge < -0.3 is 15.0 Å². The van der Waals surface area contributed by atoms with Crippen molar-refractivity contribution in [3.8, 4) is 0 Å². The molecule has 22 heavy (non-hydrogen) atoms. The smallest absolute Gasteiger partial charge is 0.317 e. The van der Waals surface area contributed by atoms with Crippen LogP contribution in [0.25, 0.3) is 0 Å². The summed E-state index contributed by atoms with van der Waals surface area (Å²) >= 11 is 1.60. The van der Waals surface area contributed by atoms with Gasteiger partial charge in [-0.15, -0.1) is 11.3 Å². The number of amides is 2. The molecule has 2 saturated carbocycles. The third-order valence-electron chi connectivity index (χ3n) is 5.12. The summed E-state index contributed by atoms with van der Waals surface area (Å²) < 4.78 is 5.83. The predicted octanol–water partition coefficient (Wildman–Crippen LogP) is 2.94.